The molecular weight excluding hydrogens is 285 g/mol. The molecule has 2 aromatic rings. The molecule has 0 saturated heterocycles. The van der Waals surface area contributed by atoms with E-state index in [1.54, 1.807) is 11.3 Å². The molecule has 102 valence electrons. The molecule has 6 heteroatoms. The van der Waals surface area contributed by atoms with Crippen molar-refractivity contribution in [3.05, 3.63) is 58.0 Å². The number of rotatable bonds is 6. The minimum absolute atomic E-state index is 0.127. The molecule has 0 amide bonds. The average Bonchev–Trinajstić information content (AvgIpc) is 2.85. The lowest BCUT2D eigenvalue weighted by molar-refractivity contribution is 0.580. The van der Waals surface area contributed by atoms with Gasteiger partial charge in [0.1, 0.15) is 5.82 Å². The largest absolute Gasteiger partial charge is 0.215 e. The predicted octanol–water partition coefficient (Wildman–Crippen LogP) is 2.55. The Morgan fingerprint density at radius 2 is 1.89 bits per heavy atom. The maximum atomic E-state index is 12.7. The number of halogens is 1. The average molecular weight is 299 g/mol. The normalized spacial score (nSPS) is 11.6. The van der Waals surface area contributed by atoms with Crippen molar-refractivity contribution in [2.24, 2.45) is 0 Å². The Morgan fingerprint density at radius 1 is 1.16 bits per heavy atom. The van der Waals surface area contributed by atoms with E-state index in [9.17, 15) is 12.8 Å². The number of benzene rings is 1. The van der Waals surface area contributed by atoms with Gasteiger partial charge in [-0.15, -0.1) is 11.3 Å². The van der Waals surface area contributed by atoms with E-state index in [1.807, 2.05) is 17.5 Å². The fourth-order valence-electron chi connectivity index (χ4n) is 1.64. The SMILES string of the molecule is O=S(=O)(Cc1ccc(F)cc1)NCCc1cccs1. The van der Waals surface area contributed by atoms with Crippen LogP contribution in [0.2, 0.25) is 0 Å². The highest BCUT2D eigenvalue weighted by Crippen LogP contribution is 2.09. The zero-order chi connectivity index (χ0) is 13.7. The first kappa shape index (κ1) is 14.2. The van der Waals surface area contributed by atoms with Crippen molar-refractivity contribution in [3.8, 4) is 0 Å². The fourth-order valence-corrected chi connectivity index (χ4v) is 3.49. The minimum atomic E-state index is -3.37. The standard InChI is InChI=1S/C13H14FNO2S2/c14-12-5-3-11(4-6-12)10-19(16,17)15-8-7-13-2-1-9-18-13/h1-6,9,15H,7-8,10H2. The summed E-state index contributed by atoms with van der Waals surface area (Å²) in [5.41, 5.74) is 0.574. The molecule has 1 heterocycles. The Morgan fingerprint density at radius 3 is 2.53 bits per heavy atom. The molecule has 1 N–H and O–H groups in total. The molecule has 0 aliphatic rings. The first-order valence-corrected chi connectivity index (χ1v) is 8.32. The molecule has 0 bridgehead atoms. The monoisotopic (exact) mass is 299 g/mol. The van der Waals surface area contributed by atoms with Crippen molar-refractivity contribution < 1.29 is 12.8 Å². The molecule has 3 nitrogen and oxygen atoms in total. The Labute approximate surface area is 116 Å². The van der Waals surface area contributed by atoms with Crippen LogP contribution in [-0.4, -0.2) is 15.0 Å². The van der Waals surface area contributed by atoms with Gasteiger partial charge in [-0.1, -0.05) is 18.2 Å². The summed E-state index contributed by atoms with van der Waals surface area (Å²) >= 11 is 1.60. The molecule has 1 aromatic heterocycles. The minimum Gasteiger partial charge on any atom is -0.215 e. The van der Waals surface area contributed by atoms with Gasteiger partial charge in [-0.25, -0.2) is 17.5 Å². The van der Waals surface area contributed by atoms with Gasteiger partial charge in [0, 0.05) is 11.4 Å². The zero-order valence-corrected chi connectivity index (χ0v) is 11.8. The van der Waals surface area contributed by atoms with E-state index in [2.05, 4.69) is 4.72 Å². The van der Waals surface area contributed by atoms with E-state index in [1.165, 1.54) is 24.3 Å². The van der Waals surface area contributed by atoms with Crippen molar-refractivity contribution in [1.29, 1.82) is 0 Å². The molecule has 0 atom stereocenters. The van der Waals surface area contributed by atoms with Crippen LogP contribution in [0.15, 0.2) is 41.8 Å². The second kappa shape index (κ2) is 6.27. The van der Waals surface area contributed by atoms with Gasteiger partial charge in [-0.2, -0.15) is 0 Å². The van der Waals surface area contributed by atoms with Crippen LogP contribution in [0, 0.1) is 5.82 Å². The summed E-state index contributed by atoms with van der Waals surface area (Å²) < 4.78 is 38.9. The van der Waals surface area contributed by atoms with Gasteiger partial charge in [0.25, 0.3) is 0 Å². The third-order valence-corrected chi connectivity index (χ3v) is 4.84. The van der Waals surface area contributed by atoms with Gasteiger partial charge in [-0.3, -0.25) is 0 Å². The Balaban J connectivity index is 1.86. The molecule has 0 aliphatic heterocycles. The number of sulfonamides is 1. The lowest BCUT2D eigenvalue weighted by atomic mass is 10.2. The van der Waals surface area contributed by atoms with Crippen molar-refractivity contribution in [3.63, 3.8) is 0 Å². The smallest absolute Gasteiger partial charge is 0.215 e. The van der Waals surface area contributed by atoms with E-state index in [4.69, 9.17) is 0 Å². The van der Waals surface area contributed by atoms with Gasteiger partial charge < -0.3 is 0 Å². The van der Waals surface area contributed by atoms with Crippen molar-refractivity contribution in [1.82, 2.24) is 4.72 Å². The first-order valence-electron chi connectivity index (χ1n) is 5.79. The van der Waals surface area contributed by atoms with Gasteiger partial charge >= 0.3 is 0 Å². The summed E-state index contributed by atoms with van der Waals surface area (Å²) in [5.74, 6) is -0.496. The van der Waals surface area contributed by atoms with Crippen LogP contribution in [-0.2, 0) is 22.2 Å². The summed E-state index contributed by atoms with van der Waals surface area (Å²) in [4.78, 5) is 1.14. The van der Waals surface area contributed by atoms with E-state index >= 15 is 0 Å². The molecule has 0 saturated carbocycles. The van der Waals surface area contributed by atoms with E-state index in [0.29, 0.717) is 18.5 Å². The lowest BCUT2D eigenvalue weighted by Crippen LogP contribution is -2.27. The molecule has 0 radical (unpaired) electrons. The number of nitrogens with one attached hydrogen (secondary N) is 1. The lowest BCUT2D eigenvalue weighted by Gasteiger charge is -2.06. The Bertz CT molecular complexity index is 607. The number of hydrogen-bond donors (Lipinski definition) is 1. The second-order valence-electron chi connectivity index (χ2n) is 4.11. The Kier molecular flexibility index (Phi) is 4.68. The van der Waals surface area contributed by atoms with Gasteiger partial charge in [0.2, 0.25) is 10.0 Å². The maximum Gasteiger partial charge on any atom is 0.215 e. The third kappa shape index (κ3) is 4.74. The van der Waals surface area contributed by atoms with Gasteiger partial charge in [-0.05, 0) is 35.6 Å². The predicted molar refractivity (Wildman–Crippen MR) is 75.0 cm³/mol. The topological polar surface area (TPSA) is 46.2 Å². The van der Waals surface area contributed by atoms with Crippen molar-refractivity contribution in [2.75, 3.05) is 6.54 Å². The summed E-state index contributed by atoms with van der Waals surface area (Å²) in [5, 5.41) is 1.96. The van der Waals surface area contributed by atoms with Gasteiger partial charge in [0.05, 0.1) is 5.75 Å². The molecule has 0 aliphatic carbocycles. The number of hydrogen-bond acceptors (Lipinski definition) is 3. The zero-order valence-electron chi connectivity index (χ0n) is 10.2. The summed E-state index contributed by atoms with van der Waals surface area (Å²) in [6.07, 6.45) is 0.681. The highest BCUT2D eigenvalue weighted by atomic mass is 32.2. The van der Waals surface area contributed by atoms with Crippen LogP contribution in [0.25, 0.3) is 0 Å². The van der Waals surface area contributed by atoms with E-state index in [0.717, 1.165) is 4.88 Å². The fraction of sp³-hybridized carbons (Fsp3) is 0.231. The van der Waals surface area contributed by atoms with Crippen LogP contribution in [0.3, 0.4) is 0 Å². The van der Waals surface area contributed by atoms with E-state index in [-0.39, 0.29) is 11.6 Å². The molecule has 0 unspecified atom stereocenters. The van der Waals surface area contributed by atoms with Crippen LogP contribution < -0.4 is 4.72 Å². The summed E-state index contributed by atoms with van der Waals surface area (Å²) in [6.45, 7) is 0.379. The quantitative estimate of drug-likeness (QED) is 0.891. The van der Waals surface area contributed by atoms with E-state index < -0.39 is 10.0 Å². The molecule has 1 aromatic carbocycles. The summed E-state index contributed by atoms with van der Waals surface area (Å²) in [6, 6.07) is 9.39. The highest BCUT2D eigenvalue weighted by Gasteiger charge is 2.11. The summed E-state index contributed by atoms with van der Waals surface area (Å²) in [7, 11) is -3.37. The molecular formula is C13H14FNO2S2. The van der Waals surface area contributed by atoms with Crippen LogP contribution in [0.4, 0.5) is 4.39 Å². The first-order chi connectivity index (χ1) is 9.05. The van der Waals surface area contributed by atoms with Gasteiger partial charge in [0.15, 0.2) is 0 Å². The highest BCUT2D eigenvalue weighted by molar-refractivity contribution is 7.88. The molecule has 0 fully saturated rings. The molecule has 2 rings (SSSR count). The van der Waals surface area contributed by atoms with Crippen LogP contribution in [0.1, 0.15) is 10.4 Å². The Hall–Kier alpha value is -1.24. The maximum absolute atomic E-state index is 12.7. The second-order valence-corrected chi connectivity index (χ2v) is 6.95. The third-order valence-electron chi connectivity index (χ3n) is 2.54. The van der Waals surface area contributed by atoms with Crippen LogP contribution in [0.5, 0.6) is 0 Å². The number of thiophene rings is 1. The van der Waals surface area contributed by atoms with Crippen LogP contribution >= 0.6 is 11.3 Å². The van der Waals surface area contributed by atoms with Crippen molar-refractivity contribution >= 4 is 21.4 Å². The molecule has 0 spiro atoms. The van der Waals surface area contributed by atoms with Crippen molar-refractivity contribution in [2.45, 2.75) is 12.2 Å². The molecule has 19 heavy (non-hydrogen) atoms.